The molecule has 0 bridgehead atoms. The second-order valence-corrected chi connectivity index (χ2v) is 3.65. The Kier molecular flexibility index (Phi) is 4.20. The van der Waals surface area contributed by atoms with Gasteiger partial charge >= 0.3 is 5.97 Å². The third kappa shape index (κ3) is 3.49. The first-order valence-corrected chi connectivity index (χ1v) is 5.59. The van der Waals surface area contributed by atoms with Crippen LogP contribution in [0.15, 0.2) is 41.1 Å². The van der Waals surface area contributed by atoms with Crippen LogP contribution in [-0.4, -0.2) is 24.2 Å². The highest BCUT2D eigenvalue weighted by Gasteiger charge is 2.11. The zero-order valence-corrected chi connectivity index (χ0v) is 10.1. The Labute approximate surface area is 108 Å². The van der Waals surface area contributed by atoms with Gasteiger partial charge in [0.2, 0.25) is 5.76 Å². The average molecular weight is 268 g/mol. The fourth-order valence-corrected chi connectivity index (χ4v) is 1.37. The molecule has 2 heterocycles. The lowest BCUT2D eigenvalue weighted by Gasteiger charge is -2.05. The van der Waals surface area contributed by atoms with Crippen molar-refractivity contribution in [3.8, 4) is 5.75 Å². The predicted molar refractivity (Wildman–Crippen MR) is 63.7 cm³/mol. The van der Waals surface area contributed by atoms with Gasteiger partial charge in [0.1, 0.15) is 19.0 Å². The van der Waals surface area contributed by atoms with Crippen LogP contribution in [0.1, 0.15) is 10.6 Å². The summed E-state index contributed by atoms with van der Waals surface area (Å²) in [6, 6.07) is 6.45. The van der Waals surface area contributed by atoms with Crippen LogP contribution in [0.4, 0.5) is 0 Å². The molecule has 0 aliphatic heterocycles. The molecule has 0 saturated carbocycles. The monoisotopic (exact) mass is 267 g/mol. The number of hydrogen-bond donors (Lipinski definition) is 0. The number of carbonyl (C=O) groups is 1. The summed E-state index contributed by atoms with van der Waals surface area (Å²) in [5, 5.41) is 0.147. The molecule has 2 rings (SSSR count). The van der Waals surface area contributed by atoms with Gasteiger partial charge in [0, 0.05) is 6.20 Å². The van der Waals surface area contributed by atoms with Crippen molar-refractivity contribution in [3.05, 3.63) is 47.6 Å². The van der Waals surface area contributed by atoms with Crippen molar-refractivity contribution in [1.29, 1.82) is 0 Å². The van der Waals surface area contributed by atoms with E-state index in [-0.39, 0.29) is 24.2 Å². The fraction of sp³-hybridized carbons (Fsp3) is 0.167. The topological polar surface area (TPSA) is 61.6 Å². The van der Waals surface area contributed by atoms with Crippen LogP contribution in [0.5, 0.6) is 5.75 Å². The van der Waals surface area contributed by atoms with Crippen LogP contribution in [0, 0.1) is 0 Å². The van der Waals surface area contributed by atoms with E-state index in [2.05, 4.69) is 4.98 Å². The van der Waals surface area contributed by atoms with Gasteiger partial charge in [-0.25, -0.2) is 4.79 Å². The van der Waals surface area contributed by atoms with E-state index in [1.54, 1.807) is 24.5 Å². The van der Waals surface area contributed by atoms with E-state index in [1.807, 2.05) is 0 Å². The van der Waals surface area contributed by atoms with Gasteiger partial charge in [-0.2, -0.15) is 0 Å². The summed E-state index contributed by atoms with van der Waals surface area (Å²) in [4.78, 5) is 15.3. The highest BCUT2D eigenvalue weighted by molar-refractivity contribution is 6.29. The average Bonchev–Trinajstić information content (AvgIpc) is 2.82. The van der Waals surface area contributed by atoms with E-state index in [1.165, 1.54) is 12.1 Å². The van der Waals surface area contributed by atoms with Gasteiger partial charge in [-0.05, 0) is 35.9 Å². The molecule has 0 atom stereocenters. The zero-order valence-electron chi connectivity index (χ0n) is 9.34. The summed E-state index contributed by atoms with van der Waals surface area (Å²) < 4.78 is 15.1. The molecule has 6 heteroatoms. The third-order valence-electron chi connectivity index (χ3n) is 1.99. The van der Waals surface area contributed by atoms with Crippen LogP contribution < -0.4 is 4.74 Å². The lowest BCUT2D eigenvalue weighted by molar-refractivity contribution is 0.0415. The number of furan rings is 1. The Bertz CT molecular complexity index is 512. The smallest absolute Gasteiger partial charge is 0.374 e. The maximum absolute atomic E-state index is 11.4. The van der Waals surface area contributed by atoms with E-state index in [0.29, 0.717) is 5.75 Å². The van der Waals surface area contributed by atoms with Gasteiger partial charge in [-0.1, -0.05) is 0 Å². The first kappa shape index (κ1) is 12.4. The number of nitrogens with zero attached hydrogens (tertiary/aromatic N) is 1. The van der Waals surface area contributed by atoms with Crippen molar-refractivity contribution in [2.24, 2.45) is 0 Å². The maximum atomic E-state index is 11.4. The largest absolute Gasteiger partial charge is 0.488 e. The number of pyridine rings is 1. The van der Waals surface area contributed by atoms with Gasteiger partial charge < -0.3 is 13.9 Å². The molecule has 0 N–H and O–H groups in total. The van der Waals surface area contributed by atoms with Crippen molar-refractivity contribution in [1.82, 2.24) is 4.98 Å². The lowest BCUT2D eigenvalue weighted by Crippen LogP contribution is -2.11. The molecule has 0 spiro atoms. The molecule has 2 aromatic rings. The molecule has 94 valence electrons. The Morgan fingerprint density at radius 3 is 2.89 bits per heavy atom. The van der Waals surface area contributed by atoms with Crippen molar-refractivity contribution in [3.63, 3.8) is 0 Å². The molecule has 0 fully saturated rings. The molecular formula is C12H10ClNO4. The SMILES string of the molecule is O=C(OCCOc1cccnc1)c1ccc(Cl)o1. The summed E-state index contributed by atoms with van der Waals surface area (Å²) in [5.74, 6) is 0.118. The van der Waals surface area contributed by atoms with Crippen molar-refractivity contribution >= 4 is 17.6 Å². The normalized spacial score (nSPS) is 10.1. The minimum absolute atomic E-state index is 0.0707. The second-order valence-electron chi connectivity index (χ2n) is 3.28. The molecule has 0 aromatic carbocycles. The van der Waals surface area contributed by atoms with Crippen LogP contribution >= 0.6 is 11.6 Å². The standard InChI is InChI=1S/C12H10ClNO4/c13-11-4-3-10(18-11)12(15)17-7-6-16-9-2-1-5-14-8-9/h1-5,8H,6-7H2. The molecule has 0 saturated heterocycles. The van der Waals surface area contributed by atoms with E-state index in [9.17, 15) is 4.79 Å². The van der Waals surface area contributed by atoms with Crippen molar-refractivity contribution < 1.29 is 18.7 Å². The molecular weight excluding hydrogens is 258 g/mol. The quantitative estimate of drug-likeness (QED) is 0.615. The summed E-state index contributed by atoms with van der Waals surface area (Å²) in [5.41, 5.74) is 0. The lowest BCUT2D eigenvalue weighted by atomic mass is 10.4. The predicted octanol–water partition coefficient (Wildman–Crippen LogP) is 2.56. The third-order valence-corrected chi connectivity index (χ3v) is 2.20. The van der Waals surface area contributed by atoms with Gasteiger partial charge in [-0.15, -0.1) is 0 Å². The minimum Gasteiger partial charge on any atom is -0.488 e. The van der Waals surface area contributed by atoms with Gasteiger partial charge in [0.15, 0.2) is 5.22 Å². The summed E-state index contributed by atoms with van der Waals surface area (Å²) in [6.07, 6.45) is 3.22. The van der Waals surface area contributed by atoms with Crippen LogP contribution in [0.3, 0.4) is 0 Å². The molecule has 18 heavy (non-hydrogen) atoms. The number of esters is 1. The molecule has 2 aromatic heterocycles. The molecule has 0 aliphatic rings. The Hall–Kier alpha value is -2.01. The highest BCUT2D eigenvalue weighted by Crippen LogP contribution is 2.13. The maximum Gasteiger partial charge on any atom is 0.374 e. The Balaban J connectivity index is 1.71. The summed E-state index contributed by atoms with van der Waals surface area (Å²) >= 11 is 5.54. The molecule has 0 unspecified atom stereocenters. The number of aromatic nitrogens is 1. The summed E-state index contributed by atoms with van der Waals surface area (Å²) in [7, 11) is 0. The van der Waals surface area contributed by atoms with Crippen molar-refractivity contribution in [2.75, 3.05) is 13.2 Å². The fourth-order valence-electron chi connectivity index (χ4n) is 1.22. The number of ether oxygens (including phenoxy) is 2. The first-order chi connectivity index (χ1) is 8.75. The van der Waals surface area contributed by atoms with E-state index in [0.717, 1.165) is 0 Å². The van der Waals surface area contributed by atoms with Crippen LogP contribution in [-0.2, 0) is 4.74 Å². The molecule has 0 amide bonds. The highest BCUT2D eigenvalue weighted by atomic mass is 35.5. The van der Waals surface area contributed by atoms with E-state index in [4.69, 9.17) is 25.5 Å². The van der Waals surface area contributed by atoms with Gasteiger partial charge in [0.05, 0.1) is 6.20 Å². The first-order valence-electron chi connectivity index (χ1n) is 5.21. The number of halogens is 1. The second kappa shape index (κ2) is 6.07. The number of hydrogen-bond acceptors (Lipinski definition) is 5. The Morgan fingerprint density at radius 1 is 1.33 bits per heavy atom. The number of carbonyl (C=O) groups excluding carboxylic acids is 1. The van der Waals surface area contributed by atoms with Gasteiger partial charge in [0.25, 0.3) is 0 Å². The minimum atomic E-state index is -0.573. The Morgan fingerprint density at radius 2 is 2.22 bits per heavy atom. The molecule has 0 aliphatic carbocycles. The number of rotatable bonds is 5. The van der Waals surface area contributed by atoms with E-state index < -0.39 is 5.97 Å². The van der Waals surface area contributed by atoms with Gasteiger partial charge in [-0.3, -0.25) is 4.98 Å². The van der Waals surface area contributed by atoms with Crippen molar-refractivity contribution in [2.45, 2.75) is 0 Å². The molecule has 0 radical (unpaired) electrons. The van der Waals surface area contributed by atoms with Crippen LogP contribution in [0.2, 0.25) is 5.22 Å². The van der Waals surface area contributed by atoms with E-state index >= 15 is 0 Å². The summed E-state index contributed by atoms with van der Waals surface area (Å²) in [6.45, 7) is 0.359. The van der Waals surface area contributed by atoms with Crippen LogP contribution in [0.25, 0.3) is 0 Å². The molecule has 5 nitrogen and oxygen atoms in total. The zero-order chi connectivity index (χ0) is 12.8.